The van der Waals surface area contributed by atoms with Gasteiger partial charge in [-0.15, -0.1) is 0 Å². The molecule has 2 nitrogen and oxygen atoms in total. The van der Waals surface area contributed by atoms with Gasteiger partial charge in [0.1, 0.15) is 11.6 Å². The van der Waals surface area contributed by atoms with Crippen LogP contribution in [-0.2, 0) is 11.8 Å². The lowest BCUT2D eigenvalue weighted by Gasteiger charge is -2.27. The molecule has 0 unspecified atom stereocenters. The number of ether oxygens (including phenoxy) is 1. The van der Waals surface area contributed by atoms with Gasteiger partial charge in [-0.3, -0.25) is 0 Å². The van der Waals surface area contributed by atoms with Gasteiger partial charge in [-0.25, -0.2) is 4.39 Å². The fourth-order valence-electron chi connectivity index (χ4n) is 3.04. The lowest BCUT2D eigenvalue weighted by atomic mass is 9.78. The van der Waals surface area contributed by atoms with E-state index in [1.807, 2.05) is 0 Å². The van der Waals surface area contributed by atoms with Crippen LogP contribution >= 0.6 is 0 Å². The largest absolute Gasteiger partial charge is 0.493 e. The van der Waals surface area contributed by atoms with Crippen molar-refractivity contribution in [3.05, 3.63) is 29.1 Å². The Balaban J connectivity index is 1.95. The van der Waals surface area contributed by atoms with Gasteiger partial charge >= 0.3 is 0 Å². The molecule has 1 aliphatic heterocycles. The average molecular weight is 249 g/mol. The molecule has 1 heterocycles. The smallest absolute Gasteiger partial charge is 0.126 e. The van der Waals surface area contributed by atoms with Crippen LogP contribution < -0.4 is 10.5 Å². The predicted octanol–water partition coefficient (Wildman–Crippen LogP) is 2.78. The van der Waals surface area contributed by atoms with Crippen LogP contribution in [0.1, 0.15) is 37.8 Å². The molecule has 0 bridgehead atoms. The SMILES string of the molecule is CC(C)(C[C@H]1C[C@@H]1N)c1cc(F)cc2c1OCC2. The molecule has 0 aromatic heterocycles. The number of benzene rings is 1. The molecule has 1 aromatic carbocycles. The molecule has 98 valence electrons. The lowest BCUT2D eigenvalue weighted by molar-refractivity contribution is 0.338. The van der Waals surface area contributed by atoms with Gasteiger partial charge in [-0.2, -0.15) is 0 Å². The maximum atomic E-state index is 13.7. The Hall–Kier alpha value is -1.09. The summed E-state index contributed by atoms with van der Waals surface area (Å²) < 4.78 is 19.4. The molecule has 1 aliphatic carbocycles. The Labute approximate surface area is 107 Å². The third-order valence-corrected chi connectivity index (χ3v) is 4.23. The van der Waals surface area contributed by atoms with Gasteiger partial charge in [0.05, 0.1) is 6.61 Å². The van der Waals surface area contributed by atoms with Crippen LogP contribution in [-0.4, -0.2) is 12.6 Å². The number of rotatable bonds is 3. The summed E-state index contributed by atoms with van der Waals surface area (Å²) >= 11 is 0. The third-order valence-electron chi connectivity index (χ3n) is 4.23. The molecule has 1 fully saturated rings. The van der Waals surface area contributed by atoms with Crippen molar-refractivity contribution >= 4 is 0 Å². The van der Waals surface area contributed by atoms with E-state index in [9.17, 15) is 4.39 Å². The van der Waals surface area contributed by atoms with E-state index < -0.39 is 0 Å². The van der Waals surface area contributed by atoms with E-state index in [-0.39, 0.29) is 11.2 Å². The molecule has 0 radical (unpaired) electrons. The molecule has 3 heteroatoms. The molecule has 2 atom stereocenters. The summed E-state index contributed by atoms with van der Waals surface area (Å²) in [5, 5.41) is 0. The van der Waals surface area contributed by atoms with E-state index in [2.05, 4.69) is 13.8 Å². The zero-order valence-corrected chi connectivity index (χ0v) is 11.0. The summed E-state index contributed by atoms with van der Waals surface area (Å²) in [5.41, 5.74) is 7.84. The second kappa shape index (κ2) is 3.95. The molecule has 18 heavy (non-hydrogen) atoms. The van der Waals surface area contributed by atoms with Crippen molar-refractivity contribution < 1.29 is 9.13 Å². The quantitative estimate of drug-likeness (QED) is 0.894. The first kappa shape index (κ1) is 12.0. The highest BCUT2D eigenvalue weighted by Gasteiger charge is 2.40. The van der Waals surface area contributed by atoms with Gasteiger partial charge in [-0.05, 0) is 36.3 Å². The second-order valence-corrected chi connectivity index (χ2v) is 6.29. The predicted molar refractivity (Wildman–Crippen MR) is 69.3 cm³/mol. The number of hydrogen-bond donors (Lipinski definition) is 1. The fraction of sp³-hybridized carbons (Fsp3) is 0.600. The number of nitrogens with two attached hydrogens (primary N) is 1. The van der Waals surface area contributed by atoms with Crippen molar-refractivity contribution in [2.24, 2.45) is 11.7 Å². The molecule has 1 aromatic rings. The van der Waals surface area contributed by atoms with Gasteiger partial charge in [0.2, 0.25) is 0 Å². The van der Waals surface area contributed by atoms with Crippen LogP contribution in [0.15, 0.2) is 12.1 Å². The van der Waals surface area contributed by atoms with E-state index in [1.165, 1.54) is 0 Å². The Morgan fingerprint density at radius 2 is 2.17 bits per heavy atom. The zero-order valence-electron chi connectivity index (χ0n) is 11.0. The van der Waals surface area contributed by atoms with Gasteiger partial charge in [0, 0.05) is 23.6 Å². The molecule has 3 rings (SSSR count). The lowest BCUT2D eigenvalue weighted by Crippen LogP contribution is -2.21. The molecular weight excluding hydrogens is 229 g/mol. The van der Waals surface area contributed by atoms with E-state index in [0.29, 0.717) is 18.6 Å². The van der Waals surface area contributed by atoms with Crippen molar-refractivity contribution in [2.75, 3.05) is 6.61 Å². The van der Waals surface area contributed by atoms with Crippen LogP contribution in [0, 0.1) is 11.7 Å². The highest BCUT2D eigenvalue weighted by atomic mass is 19.1. The van der Waals surface area contributed by atoms with E-state index in [0.717, 1.165) is 36.1 Å². The van der Waals surface area contributed by atoms with Crippen LogP contribution in [0.3, 0.4) is 0 Å². The van der Waals surface area contributed by atoms with Crippen molar-refractivity contribution in [1.82, 2.24) is 0 Å². The van der Waals surface area contributed by atoms with E-state index in [4.69, 9.17) is 10.5 Å². The molecule has 0 saturated heterocycles. The standard InChI is InChI=1S/C15H20FNO/c1-15(2,8-10-6-13(10)17)12-7-11(16)5-9-3-4-18-14(9)12/h5,7,10,13H,3-4,6,8,17H2,1-2H3/t10-,13+/m1/s1. The first-order valence-corrected chi connectivity index (χ1v) is 6.69. The molecule has 0 amide bonds. The average Bonchev–Trinajstić information content (AvgIpc) is 2.78. The molecule has 2 aliphatic rings. The van der Waals surface area contributed by atoms with Crippen LogP contribution in [0.2, 0.25) is 0 Å². The summed E-state index contributed by atoms with van der Waals surface area (Å²) in [7, 11) is 0. The molecular formula is C15H20FNO. The maximum Gasteiger partial charge on any atom is 0.126 e. The van der Waals surface area contributed by atoms with Crippen LogP contribution in [0.5, 0.6) is 5.75 Å². The highest BCUT2D eigenvalue weighted by Crippen LogP contribution is 2.45. The second-order valence-electron chi connectivity index (χ2n) is 6.29. The number of halogens is 1. The summed E-state index contributed by atoms with van der Waals surface area (Å²) in [6.07, 6.45) is 2.92. The molecule has 2 N–H and O–H groups in total. The minimum Gasteiger partial charge on any atom is -0.493 e. The van der Waals surface area contributed by atoms with Gasteiger partial charge in [0.15, 0.2) is 0 Å². The fourth-order valence-corrected chi connectivity index (χ4v) is 3.04. The van der Waals surface area contributed by atoms with E-state index >= 15 is 0 Å². The van der Waals surface area contributed by atoms with Crippen molar-refractivity contribution in [3.63, 3.8) is 0 Å². The minimum atomic E-state index is -0.151. The van der Waals surface area contributed by atoms with Crippen molar-refractivity contribution in [3.8, 4) is 5.75 Å². The van der Waals surface area contributed by atoms with Gasteiger partial charge < -0.3 is 10.5 Å². The Morgan fingerprint density at radius 3 is 2.83 bits per heavy atom. The van der Waals surface area contributed by atoms with Crippen molar-refractivity contribution in [1.29, 1.82) is 0 Å². The normalized spacial score (nSPS) is 25.8. The third kappa shape index (κ3) is 2.01. The first-order valence-electron chi connectivity index (χ1n) is 6.69. The van der Waals surface area contributed by atoms with Gasteiger partial charge in [-0.1, -0.05) is 13.8 Å². The monoisotopic (exact) mass is 249 g/mol. The van der Waals surface area contributed by atoms with Crippen LogP contribution in [0.25, 0.3) is 0 Å². The maximum absolute atomic E-state index is 13.7. The zero-order chi connectivity index (χ0) is 12.9. The summed E-state index contributed by atoms with van der Waals surface area (Å²) in [6, 6.07) is 3.58. The van der Waals surface area contributed by atoms with E-state index in [1.54, 1.807) is 12.1 Å². The number of fused-ring (bicyclic) bond motifs is 1. The molecule has 1 saturated carbocycles. The first-order chi connectivity index (χ1) is 8.47. The Kier molecular flexibility index (Phi) is 2.63. The molecule has 0 spiro atoms. The summed E-state index contributed by atoms with van der Waals surface area (Å²) in [5.74, 6) is 1.35. The minimum absolute atomic E-state index is 0.0741. The topological polar surface area (TPSA) is 35.2 Å². The van der Waals surface area contributed by atoms with Crippen LogP contribution in [0.4, 0.5) is 4.39 Å². The van der Waals surface area contributed by atoms with Gasteiger partial charge in [0.25, 0.3) is 0 Å². The highest BCUT2D eigenvalue weighted by molar-refractivity contribution is 5.48. The Morgan fingerprint density at radius 1 is 1.44 bits per heavy atom. The summed E-state index contributed by atoms with van der Waals surface area (Å²) in [6.45, 7) is 4.99. The number of hydrogen-bond acceptors (Lipinski definition) is 2. The van der Waals surface area contributed by atoms with Crippen molar-refractivity contribution in [2.45, 2.75) is 44.6 Å². The summed E-state index contributed by atoms with van der Waals surface area (Å²) in [4.78, 5) is 0. The Bertz CT molecular complexity index is 484.